The Morgan fingerprint density at radius 2 is 2.03 bits per heavy atom. The molecule has 0 N–H and O–H groups in total. The number of pyridine rings is 1. The highest BCUT2D eigenvalue weighted by Crippen LogP contribution is 2.38. The number of carbonyl (C=O) groups is 1. The normalized spacial score (nSPS) is 16.0. The van der Waals surface area contributed by atoms with Crippen LogP contribution in [0.3, 0.4) is 0 Å². The van der Waals surface area contributed by atoms with Gasteiger partial charge >= 0.3 is 0 Å². The van der Waals surface area contributed by atoms with E-state index in [2.05, 4.69) is 34.0 Å². The topological polar surface area (TPSA) is 63.5 Å². The minimum atomic E-state index is 0.0501. The molecule has 2 aromatic heterocycles. The van der Waals surface area contributed by atoms with Crippen molar-refractivity contribution in [2.24, 2.45) is 0 Å². The summed E-state index contributed by atoms with van der Waals surface area (Å²) in [5.74, 6) is 0.0501. The molecule has 1 aliphatic heterocycles. The van der Waals surface area contributed by atoms with Crippen LogP contribution in [0.5, 0.6) is 0 Å². The smallest absolute Gasteiger partial charge is 0.224 e. The van der Waals surface area contributed by atoms with Crippen LogP contribution in [0.25, 0.3) is 11.1 Å². The van der Waals surface area contributed by atoms with E-state index in [1.807, 2.05) is 60.1 Å². The predicted molar refractivity (Wildman–Crippen MR) is 122 cm³/mol. The summed E-state index contributed by atoms with van der Waals surface area (Å²) < 4.78 is 7.79. The SMILES string of the molecule is CC(=O)N1c2ccc(-c3cnn(Cc4ccccn4)c3)cc2N(COC(C)C)C[C@@H]1C. The maximum atomic E-state index is 12.3. The maximum Gasteiger partial charge on any atom is 0.224 e. The van der Waals surface area contributed by atoms with Gasteiger partial charge < -0.3 is 14.5 Å². The monoisotopic (exact) mass is 419 g/mol. The quantitative estimate of drug-likeness (QED) is 0.606. The van der Waals surface area contributed by atoms with Crippen LogP contribution in [0.2, 0.25) is 0 Å². The van der Waals surface area contributed by atoms with Gasteiger partial charge in [-0.05, 0) is 50.6 Å². The van der Waals surface area contributed by atoms with Crippen molar-refractivity contribution in [1.29, 1.82) is 0 Å². The van der Waals surface area contributed by atoms with Gasteiger partial charge in [0.05, 0.1) is 42.0 Å². The molecular formula is C24H29N5O2. The first-order chi connectivity index (χ1) is 14.9. The van der Waals surface area contributed by atoms with Gasteiger partial charge in [0.2, 0.25) is 5.91 Å². The first-order valence-corrected chi connectivity index (χ1v) is 10.7. The molecule has 3 aromatic rings. The second kappa shape index (κ2) is 8.89. The van der Waals surface area contributed by atoms with Crippen LogP contribution in [0.1, 0.15) is 33.4 Å². The zero-order chi connectivity index (χ0) is 22.0. The summed E-state index contributed by atoms with van der Waals surface area (Å²) in [6.07, 6.45) is 5.82. The Morgan fingerprint density at radius 3 is 2.74 bits per heavy atom. The molecule has 162 valence electrons. The third-order valence-corrected chi connectivity index (χ3v) is 5.42. The molecule has 1 aliphatic rings. The van der Waals surface area contributed by atoms with Crippen molar-refractivity contribution in [3.63, 3.8) is 0 Å². The summed E-state index contributed by atoms with van der Waals surface area (Å²) in [6.45, 7) is 9.59. The van der Waals surface area contributed by atoms with Gasteiger partial charge in [-0.3, -0.25) is 14.5 Å². The maximum absolute atomic E-state index is 12.3. The summed E-state index contributed by atoms with van der Waals surface area (Å²) >= 11 is 0. The van der Waals surface area contributed by atoms with Gasteiger partial charge in [-0.1, -0.05) is 12.1 Å². The third kappa shape index (κ3) is 4.61. The number of anilines is 2. The summed E-state index contributed by atoms with van der Waals surface area (Å²) in [5.41, 5.74) is 4.97. The Balaban J connectivity index is 1.65. The second-order valence-electron chi connectivity index (χ2n) is 8.26. The molecule has 0 fully saturated rings. The van der Waals surface area contributed by atoms with Crippen LogP contribution in [0.15, 0.2) is 55.0 Å². The minimum Gasteiger partial charge on any atom is -0.358 e. The Bertz CT molecular complexity index is 1050. The fourth-order valence-corrected chi connectivity index (χ4v) is 3.99. The van der Waals surface area contributed by atoms with Crippen LogP contribution in [-0.4, -0.2) is 46.1 Å². The first-order valence-electron chi connectivity index (χ1n) is 10.7. The van der Waals surface area contributed by atoms with Crippen molar-refractivity contribution >= 4 is 17.3 Å². The van der Waals surface area contributed by atoms with Gasteiger partial charge in [-0.25, -0.2) is 0 Å². The van der Waals surface area contributed by atoms with Crippen LogP contribution < -0.4 is 9.80 Å². The molecule has 31 heavy (non-hydrogen) atoms. The number of nitrogens with zero attached hydrogens (tertiary/aromatic N) is 5. The van der Waals surface area contributed by atoms with E-state index >= 15 is 0 Å². The Labute approximate surface area is 183 Å². The zero-order valence-corrected chi connectivity index (χ0v) is 18.5. The lowest BCUT2D eigenvalue weighted by Gasteiger charge is -2.42. The summed E-state index contributed by atoms with van der Waals surface area (Å²) in [7, 11) is 0. The van der Waals surface area contributed by atoms with E-state index in [0.717, 1.165) is 34.7 Å². The number of fused-ring (bicyclic) bond motifs is 1. The van der Waals surface area contributed by atoms with Crippen molar-refractivity contribution in [1.82, 2.24) is 14.8 Å². The molecule has 7 heteroatoms. The minimum absolute atomic E-state index is 0.0501. The predicted octanol–water partition coefficient (Wildman–Crippen LogP) is 3.94. The van der Waals surface area contributed by atoms with Gasteiger partial charge in [0.15, 0.2) is 0 Å². The highest BCUT2D eigenvalue weighted by molar-refractivity contribution is 5.98. The molecule has 3 heterocycles. The molecule has 1 aromatic carbocycles. The van der Waals surface area contributed by atoms with E-state index in [9.17, 15) is 4.79 Å². The zero-order valence-electron chi connectivity index (χ0n) is 18.5. The average molecular weight is 420 g/mol. The highest BCUT2D eigenvalue weighted by atomic mass is 16.5. The van der Waals surface area contributed by atoms with E-state index < -0.39 is 0 Å². The van der Waals surface area contributed by atoms with Crippen LogP contribution in [0.4, 0.5) is 11.4 Å². The van der Waals surface area contributed by atoms with Crippen LogP contribution >= 0.6 is 0 Å². The van der Waals surface area contributed by atoms with Crippen molar-refractivity contribution < 1.29 is 9.53 Å². The first kappa shape index (κ1) is 21.1. The van der Waals surface area contributed by atoms with Gasteiger partial charge in [-0.15, -0.1) is 0 Å². The number of aromatic nitrogens is 3. The lowest BCUT2D eigenvalue weighted by atomic mass is 10.0. The largest absolute Gasteiger partial charge is 0.358 e. The summed E-state index contributed by atoms with van der Waals surface area (Å²) in [4.78, 5) is 20.8. The lowest BCUT2D eigenvalue weighted by Crippen LogP contribution is -2.50. The Kier molecular flexibility index (Phi) is 6.04. The molecule has 0 bridgehead atoms. The van der Waals surface area contributed by atoms with Gasteiger partial charge in [0, 0.05) is 31.4 Å². The fraction of sp³-hybridized carbons (Fsp3) is 0.375. The number of carbonyl (C=O) groups excluding carboxylic acids is 1. The standard InChI is InChI=1S/C24H29N5O2/c1-17(2)31-16-27-13-18(3)29(19(4)30)23-9-8-20(11-24(23)27)21-12-26-28(14-21)15-22-7-5-6-10-25-22/h5-12,14,17-18H,13,15-16H2,1-4H3/t18-/m0/s1. The number of hydrogen-bond acceptors (Lipinski definition) is 5. The van der Waals surface area contributed by atoms with Crippen molar-refractivity contribution in [3.05, 3.63) is 60.7 Å². The molecule has 0 spiro atoms. The third-order valence-electron chi connectivity index (χ3n) is 5.42. The molecule has 1 amide bonds. The summed E-state index contributed by atoms with van der Waals surface area (Å²) in [5, 5.41) is 4.51. The number of hydrogen-bond donors (Lipinski definition) is 0. The molecule has 0 aliphatic carbocycles. The van der Waals surface area contributed by atoms with Crippen molar-refractivity contribution in [2.45, 2.75) is 46.4 Å². The van der Waals surface area contributed by atoms with Crippen LogP contribution in [0, 0.1) is 0 Å². The molecule has 4 rings (SSSR count). The fourth-order valence-electron chi connectivity index (χ4n) is 3.99. The molecule has 0 unspecified atom stereocenters. The number of ether oxygens (including phenoxy) is 1. The molecular weight excluding hydrogens is 390 g/mol. The summed E-state index contributed by atoms with van der Waals surface area (Å²) in [6, 6.07) is 12.2. The second-order valence-corrected chi connectivity index (χ2v) is 8.26. The number of amides is 1. The number of rotatable bonds is 6. The van der Waals surface area contributed by atoms with Gasteiger partial charge in [0.25, 0.3) is 0 Å². The molecule has 7 nitrogen and oxygen atoms in total. The molecule has 0 radical (unpaired) electrons. The van der Waals surface area contributed by atoms with Gasteiger partial charge in [0.1, 0.15) is 6.73 Å². The average Bonchev–Trinajstić information content (AvgIpc) is 3.20. The molecule has 0 saturated heterocycles. The highest BCUT2D eigenvalue weighted by Gasteiger charge is 2.31. The van der Waals surface area contributed by atoms with Gasteiger partial charge in [-0.2, -0.15) is 5.10 Å². The molecule has 1 atom stereocenters. The Morgan fingerprint density at radius 1 is 1.19 bits per heavy atom. The van der Waals surface area contributed by atoms with E-state index in [1.54, 1.807) is 13.1 Å². The molecule has 0 saturated carbocycles. The van der Waals surface area contributed by atoms with E-state index in [1.165, 1.54) is 0 Å². The van der Waals surface area contributed by atoms with Crippen LogP contribution in [-0.2, 0) is 16.1 Å². The van der Waals surface area contributed by atoms with E-state index in [0.29, 0.717) is 13.3 Å². The Hall–Kier alpha value is -3.19. The van der Waals surface area contributed by atoms with Crippen molar-refractivity contribution in [3.8, 4) is 11.1 Å². The van der Waals surface area contributed by atoms with E-state index in [4.69, 9.17) is 4.74 Å². The lowest BCUT2D eigenvalue weighted by molar-refractivity contribution is -0.117. The van der Waals surface area contributed by atoms with E-state index in [-0.39, 0.29) is 18.1 Å². The number of benzene rings is 1. The van der Waals surface area contributed by atoms with Crippen molar-refractivity contribution in [2.75, 3.05) is 23.1 Å².